The van der Waals surface area contributed by atoms with Crippen LogP contribution in [0, 0.1) is 0 Å². The lowest BCUT2D eigenvalue weighted by Gasteiger charge is -2.15. The molecule has 1 aliphatic carbocycles. The van der Waals surface area contributed by atoms with Crippen LogP contribution in [0.1, 0.15) is 36.6 Å². The van der Waals surface area contributed by atoms with Crippen molar-refractivity contribution >= 4 is 0 Å². The minimum Gasteiger partial charge on any atom is -0.380 e. The molecule has 2 aromatic rings. The summed E-state index contributed by atoms with van der Waals surface area (Å²) >= 11 is 0. The number of benzene rings is 2. The topological polar surface area (TPSA) is 21.3 Å². The van der Waals surface area contributed by atoms with Crippen molar-refractivity contribution in [3.63, 3.8) is 0 Å². The zero-order valence-corrected chi connectivity index (χ0v) is 12.9. The minimum atomic E-state index is 0.361. The maximum atomic E-state index is 5.37. The van der Waals surface area contributed by atoms with Crippen LogP contribution in [0.2, 0.25) is 0 Å². The maximum absolute atomic E-state index is 5.37. The van der Waals surface area contributed by atoms with E-state index in [1.54, 1.807) is 0 Å². The molecule has 0 aliphatic heterocycles. The van der Waals surface area contributed by atoms with Crippen LogP contribution < -0.4 is 5.32 Å². The fourth-order valence-corrected chi connectivity index (χ4v) is 3.04. The summed E-state index contributed by atoms with van der Waals surface area (Å²) in [7, 11) is 0. The molecule has 110 valence electrons. The zero-order valence-electron chi connectivity index (χ0n) is 12.9. The van der Waals surface area contributed by atoms with E-state index in [9.17, 15) is 0 Å². The summed E-state index contributed by atoms with van der Waals surface area (Å²) in [5.41, 5.74) is 7.05. The van der Waals surface area contributed by atoms with Gasteiger partial charge in [0.25, 0.3) is 0 Å². The Morgan fingerprint density at radius 3 is 2.76 bits per heavy atom. The first kappa shape index (κ1) is 14.3. The van der Waals surface area contributed by atoms with Gasteiger partial charge in [-0.15, -0.1) is 0 Å². The Morgan fingerprint density at radius 2 is 1.90 bits per heavy atom. The number of hydrogen-bond acceptors (Lipinski definition) is 2. The van der Waals surface area contributed by atoms with Gasteiger partial charge in [0.2, 0.25) is 0 Å². The van der Waals surface area contributed by atoms with Crippen molar-refractivity contribution in [1.82, 2.24) is 5.32 Å². The molecule has 0 amide bonds. The number of fused-ring (bicyclic) bond motifs is 3. The van der Waals surface area contributed by atoms with Gasteiger partial charge < -0.3 is 10.1 Å². The first-order chi connectivity index (χ1) is 10.3. The first-order valence-corrected chi connectivity index (χ1v) is 7.82. The predicted octanol–water partition coefficient (Wildman–Crippen LogP) is 3.94. The molecule has 1 N–H and O–H groups in total. The highest BCUT2D eigenvalue weighted by molar-refractivity contribution is 5.76. The normalized spacial score (nSPS) is 13.8. The smallest absolute Gasteiger partial charge is 0.0590 e. The molecular formula is C19H23NO. The molecule has 0 bridgehead atoms. The van der Waals surface area contributed by atoms with Crippen LogP contribution in [0.4, 0.5) is 0 Å². The Bertz CT molecular complexity index is 621. The van der Waals surface area contributed by atoms with Crippen molar-refractivity contribution in [3.8, 4) is 11.1 Å². The second-order valence-electron chi connectivity index (χ2n) is 5.62. The van der Waals surface area contributed by atoms with Gasteiger partial charge >= 0.3 is 0 Å². The number of ether oxygens (including phenoxy) is 1. The van der Waals surface area contributed by atoms with Crippen molar-refractivity contribution in [3.05, 3.63) is 59.2 Å². The first-order valence-electron chi connectivity index (χ1n) is 7.82. The van der Waals surface area contributed by atoms with E-state index in [1.165, 1.54) is 27.8 Å². The SMILES string of the molecule is CCOCCNC(C)c1ccc2c(c1)Cc1ccccc1-2. The van der Waals surface area contributed by atoms with E-state index in [0.717, 1.165) is 26.2 Å². The monoisotopic (exact) mass is 281 g/mol. The fraction of sp³-hybridized carbons (Fsp3) is 0.368. The molecule has 1 aliphatic rings. The molecule has 2 heteroatoms. The molecule has 3 rings (SSSR count). The molecule has 0 fully saturated rings. The van der Waals surface area contributed by atoms with Crippen molar-refractivity contribution in [1.29, 1.82) is 0 Å². The highest BCUT2D eigenvalue weighted by Crippen LogP contribution is 2.37. The van der Waals surface area contributed by atoms with Gasteiger partial charge in [-0.05, 0) is 48.1 Å². The van der Waals surface area contributed by atoms with Crippen molar-refractivity contribution in [2.75, 3.05) is 19.8 Å². The molecule has 0 saturated carbocycles. The molecule has 2 nitrogen and oxygen atoms in total. The van der Waals surface area contributed by atoms with Crippen LogP contribution in [-0.2, 0) is 11.2 Å². The van der Waals surface area contributed by atoms with Gasteiger partial charge in [0.1, 0.15) is 0 Å². The Labute approximate surface area is 127 Å². The average molecular weight is 281 g/mol. The summed E-state index contributed by atoms with van der Waals surface area (Å²) < 4.78 is 5.37. The van der Waals surface area contributed by atoms with Crippen LogP contribution in [-0.4, -0.2) is 19.8 Å². The van der Waals surface area contributed by atoms with Gasteiger partial charge in [0.15, 0.2) is 0 Å². The highest BCUT2D eigenvalue weighted by Gasteiger charge is 2.18. The van der Waals surface area contributed by atoms with E-state index < -0.39 is 0 Å². The predicted molar refractivity (Wildman–Crippen MR) is 87.6 cm³/mol. The Kier molecular flexibility index (Phi) is 4.37. The second kappa shape index (κ2) is 6.42. The van der Waals surface area contributed by atoms with Crippen LogP contribution in [0.15, 0.2) is 42.5 Å². The Morgan fingerprint density at radius 1 is 1.10 bits per heavy atom. The lowest BCUT2D eigenvalue weighted by molar-refractivity contribution is 0.147. The fourth-order valence-electron chi connectivity index (χ4n) is 3.04. The molecule has 0 spiro atoms. The summed E-state index contributed by atoms with van der Waals surface area (Å²) in [6, 6.07) is 16.0. The Hall–Kier alpha value is -1.64. The third-order valence-electron chi connectivity index (χ3n) is 4.22. The lowest BCUT2D eigenvalue weighted by Crippen LogP contribution is -2.23. The molecule has 2 aromatic carbocycles. The summed E-state index contributed by atoms with van der Waals surface area (Å²) in [5, 5.41) is 3.52. The van der Waals surface area contributed by atoms with Gasteiger partial charge in [-0.3, -0.25) is 0 Å². The van der Waals surface area contributed by atoms with Crippen LogP contribution >= 0.6 is 0 Å². The molecule has 21 heavy (non-hydrogen) atoms. The largest absolute Gasteiger partial charge is 0.380 e. The third-order valence-corrected chi connectivity index (χ3v) is 4.22. The van der Waals surface area contributed by atoms with Gasteiger partial charge in [-0.25, -0.2) is 0 Å². The number of nitrogens with one attached hydrogen (secondary N) is 1. The molecular weight excluding hydrogens is 258 g/mol. The van der Waals surface area contributed by atoms with Crippen LogP contribution in [0.25, 0.3) is 11.1 Å². The van der Waals surface area contributed by atoms with Gasteiger partial charge in [-0.2, -0.15) is 0 Å². The maximum Gasteiger partial charge on any atom is 0.0590 e. The van der Waals surface area contributed by atoms with Crippen molar-refractivity contribution in [2.24, 2.45) is 0 Å². The summed E-state index contributed by atoms with van der Waals surface area (Å²) in [5.74, 6) is 0. The second-order valence-corrected chi connectivity index (χ2v) is 5.62. The Balaban J connectivity index is 1.71. The van der Waals surface area contributed by atoms with E-state index in [2.05, 4.69) is 54.7 Å². The lowest BCUT2D eigenvalue weighted by atomic mass is 10.0. The van der Waals surface area contributed by atoms with E-state index in [-0.39, 0.29) is 0 Å². The highest BCUT2D eigenvalue weighted by atomic mass is 16.5. The molecule has 1 unspecified atom stereocenters. The van der Waals surface area contributed by atoms with Crippen LogP contribution in [0.5, 0.6) is 0 Å². The quantitative estimate of drug-likeness (QED) is 0.691. The van der Waals surface area contributed by atoms with Crippen molar-refractivity contribution in [2.45, 2.75) is 26.3 Å². The van der Waals surface area contributed by atoms with E-state index in [1.807, 2.05) is 6.92 Å². The van der Waals surface area contributed by atoms with E-state index in [4.69, 9.17) is 4.74 Å². The minimum absolute atomic E-state index is 0.361. The number of rotatable bonds is 6. The molecule has 1 atom stereocenters. The molecule has 0 radical (unpaired) electrons. The van der Waals surface area contributed by atoms with Crippen LogP contribution in [0.3, 0.4) is 0 Å². The summed E-state index contributed by atoms with van der Waals surface area (Å²) in [6.45, 7) is 6.70. The average Bonchev–Trinajstić information content (AvgIpc) is 2.89. The zero-order chi connectivity index (χ0) is 14.7. The van der Waals surface area contributed by atoms with Crippen molar-refractivity contribution < 1.29 is 4.74 Å². The van der Waals surface area contributed by atoms with Gasteiger partial charge in [-0.1, -0.05) is 42.5 Å². The van der Waals surface area contributed by atoms with Gasteiger partial charge in [0.05, 0.1) is 6.61 Å². The molecule has 0 saturated heterocycles. The van der Waals surface area contributed by atoms with E-state index >= 15 is 0 Å². The summed E-state index contributed by atoms with van der Waals surface area (Å²) in [6.07, 6.45) is 1.06. The number of hydrogen-bond donors (Lipinski definition) is 1. The van der Waals surface area contributed by atoms with E-state index in [0.29, 0.717) is 6.04 Å². The summed E-state index contributed by atoms with van der Waals surface area (Å²) in [4.78, 5) is 0. The standard InChI is InChI=1S/C19H23NO/c1-3-21-11-10-20-14(2)15-8-9-19-17(12-15)13-16-6-4-5-7-18(16)19/h4-9,12,14,20H,3,10-11,13H2,1-2H3. The van der Waals surface area contributed by atoms with Gasteiger partial charge in [0, 0.05) is 19.2 Å². The molecule has 0 heterocycles. The molecule has 0 aromatic heterocycles. The third kappa shape index (κ3) is 3.02.